The minimum Gasteiger partial charge on any atom is -0.481 e. The zero-order valence-electron chi connectivity index (χ0n) is 14.1. The van der Waals surface area contributed by atoms with Gasteiger partial charge in [0, 0.05) is 17.3 Å². The van der Waals surface area contributed by atoms with E-state index in [4.69, 9.17) is 4.74 Å². The van der Waals surface area contributed by atoms with E-state index in [-0.39, 0.29) is 30.8 Å². The van der Waals surface area contributed by atoms with Gasteiger partial charge in [-0.1, -0.05) is 24.3 Å². The second-order valence-electron chi connectivity index (χ2n) is 5.97. The minimum atomic E-state index is -0.363. The first kappa shape index (κ1) is 17.2. The van der Waals surface area contributed by atoms with Gasteiger partial charge in [-0.3, -0.25) is 9.59 Å². The third kappa shape index (κ3) is 3.54. The first-order valence-corrected chi connectivity index (χ1v) is 9.15. The average Bonchev–Trinajstić information content (AvgIpc) is 3.20. The van der Waals surface area contributed by atoms with Crippen molar-refractivity contribution < 1.29 is 18.7 Å². The molecule has 136 valence electrons. The summed E-state index contributed by atoms with van der Waals surface area (Å²) in [7, 11) is 0. The first-order chi connectivity index (χ1) is 13.1. The van der Waals surface area contributed by atoms with Crippen molar-refractivity contribution in [3.05, 3.63) is 76.2 Å². The fourth-order valence-electron chi connectivity index (χ4n) is 2.85. The van der Waals surface area contributed by atoms with Crippen LogP contribution >= 0.6 is 11.3 Å². The Balaban J connectivity index is 1.59. The number of benzene rings is 2. The van der Waals surface area contributed by atoms with Gasteiger partial charge in [-0.25, -0.2) is 4.39 Å². The molecule has 7 heteroatoms. The van der Waals surface area contributed by atoms with Gasteiger partial charge < -0.3 is 15.0 Å². The number of thiophene rings is 1. The third-order valence-electron chi connectivity index (χ3n) is 4.19. The van der Waals surface area contributed by atoms with Gasteiger partial charge in [-0.05, 0) is 29.6 Å². The van der Waals surface area contributed by atoms with Gasteiger partial charge in [-0.2, -0.15) is 0 Å². The topological polar surface area (TPSA) is 58.6 Å². The summed E-state index contributed by atoms with van der Waals surface area (Å²) in [4.78, 5) is 26.6. The zero-order chi connectivity index (χ0) is 18.8. The Bertz CT molecular complexity index is 1000. The molecule has 0 aliphatic carbocycles. The van der Waals surface area contributed by atoms with Crippen LogP contribution in [-0.2, 0) is 11.3 Å². The maximum atomic E-state index is 14.0. The van der Waals surface area contributed by atoms with E-state index in [1.807, 2.05) is 11.4 Å². The van der Waals surface area contributed by atoms with Crippen molar-refractivity contribution in [2.45, 2.75) is 6.54 Å². The quantitative estimate of drug-likeness (QED) is 0.740. The second-order valence-corrected chi connectivity index (χ2v) is 6.92. The number of ether oxygens (including phenoxy) is 1. The van der Waals surface area contributed by atoms with Gasteiger partial charge in [-0.15, -0.1) is 11.3 Å². The molecule has 0 unspecified atom stereocenters. The van der Waals surface area contributed by atoms with Crippen LogP contribution in [0.1, 0.15) is 15.2 Å². The monoisotopic (exact) mass is 382 g/mol. The number of carbonyl (C=O) groups excluding carboxylic acids is 2. The first-order valence-electron chi connectivity index (χ1n) is 8.27. The molecule has 0 bridgehead atoms. The Morgan fingerprint density at radius 2 is 2.04 bits per heavy atom. The van der Waals surface area contributed by atoms with E-state index in [2.05, 4.69) is 5.32 Å². The van der Waals surface area contributed by atoms with Gasteiger partial charge >= 0.3 is 0 Å². The van der Waals surface area contributed by atoms with Crippen molar-refractivity contribution in [1.29, 1.82) is 0 Å². The summed E-state index contributed by atoms with van der Waals surface area (Å²) in [6.07, 6.45) is 0. The fraction of sp³-hybridized carbons (Fsp3) is 0.100. The highest BCUT2D eigenvalue weighted by Gasteiger charge is 2.26. The second kappa shape index (κ2) is 7.20. The highest BCUT2D eigenvalue weighted by Crippen LogP contribution is 2.35. The van der Waals surface area contributed by atoms with Crippen LogP contribution in [0.2, 0.25) is 0 Å². The molecule has 1 aliphatic rings. The molecule has 0 spiro atoms. The lowest BCUT2D eigenvalue weighted by molar-refractivity contribution is -0.121. The molecular weight excluding hydrogens is 367 g/mol. The largest absolute Gasteiger partial charge is 0.481 e. The van der Waals surface area contributed by atoms with Crippen molar-refractivity contribution in [3.8, 4) is 5.75 Å². The lowest BCUT2D eigenvalue weighted by Crippen LogP contribution is -2.38. The fourth-order valence-corrected chi connectivity index (χ4v) is 3.47. The molecule has 0 saturated carbocycles. The molecule has 1 aromatic heterocycles. The van der Waals surface area contributed by atoms with Crippen LogP contribution in [0.25, 0.3) is 0 Å². The summed E-state index contributed by atoms with van der Waals surface area (Å²) in [5.74, 6) is -0.353. The van der Waals surface area contributed by atoms with E-state index < -0.39 is 0 Å². The van der Waals surface area contributed by atoms with Crippen LogP contribution < -0.4 is 15.0 Å². The number of hydrogen-bond donors (Lipinski definition) is 1. The van der Waals surface area contributed by atoms with E-state index >= 15 is 0 Å². The zero-order valence-corrected chi connectivity index (χ0v) is 15.0. The number of carbonyl (C=O) groups is 2. The van der Waals surface area contributed by atoms with Crippen molar-refractivity contribution in [2.24, 2.45) is 0 Å². The van der Waals surface area contributed by atoms with E-state index in [1.54, 1.807) is 42.5 Å². The smallest absolute Gasteiger partial charge is 0.265 e. The Labute approximate surface area is 159 Å². The molecule has 5 nitrogen and oxygen atoms in total. The van der Waals surface area contributed by atoms with Crippen molar-refractivity contribution in [3.63, 3.8) is 0 Å². The highest BCUT2D eigenvalue weighted by molar-refractivity contribution is 7.12. The maximum Gasteiger partial charge on any atom is 0.265 e. The van der Waals surface area contributed by atoms with Gasteiger partial charge in [0.25, 0.3) is 11.8 Å². The average molecular weight is 382 g/mol. The molecule has 2 aromatic carbocycles. The summed E-state index contributed by atoms with van der Waals surface area (Å²) in [6, 6.07) is 15.0. The molecule has 1 N–H and O–H groups in total. The molecule has 27 heavy (non-hydrogen) atoms. The molecule has 2 heterocycles. The van der Waals surface area contributed by atoms with Crippen molar-refractivity contribution in [1.82, 2.24) is 0 Å². The lowest BCUT2D eigenvalue weighted by Gasteiger charge is -2.30. The molecule has 4 rings (SSSR count). The molecule has 0 fully saturated rings. The maximum absolute atomic E-state index is 14.0. The standard InChI is InChI=1S/C20H15FN2O3S/c21-15-5-2-1-4-13(15)11-23-16-8-7-14(10-17(16)26-12-19(23)24)22-20(25)18-6-3-9-27-18/h1-10H,11-12H2,(H,22,25). The van der Waals surface area contributed by atoms with Crippen LogP contribution in [0.3, 0.4) is 0 Å². The molecule has 2 amide bonds. The molecule has 0 saturated heterocycles. The molecule has 3 aromatic rings. The summed E-state index contributed by atoms with van der Waals surface area (Å²) in [5.41, 5.74) is 1.53. The molecular formula is C20H15FN2O3S. The van der Waals surface area contributed by atoms with Crippen molar-refractivity contribution >= 4 is 34.5 Å². The van der Waals surface area contributed by atoms with Crippen LogP contribution in [0.15, 0.2) is 60.0 Å². The highest BCUT2D eigenvalue weighted by atomic mass is 32.1. The minimum absolute atomic E-state index is 0.114. The van der Waals surface area contributed by atoms with Gasteiger partial charge in [0.15, 0.2) is 6.61 Å². The number of hydrogen-bond acceptors (Lipinski definition) is 4. The van der Waals surface area contributed by atoms with E-state index in [1.165, 1.54) is 22.3 Å². The predicted molar refractivity (Wildman–Crippen MR) is 102 cm³/mol. The van der Waals surface area contributed by atoms with E-state index in [0.29, 0.717) is 27.6 Å². The van der Waals surface area contributed by atoms with Crippen LogP contribution in [0.4, 0.5) is 15.8 Å². The van der Waals surface area contributed by atoms with E-state index in [0.717, 1.165) is 0 Å². The van der Waals surface area contributed by atoms with Crippen LogP contribution in [-0.4, -0.2) is 18.4 Å². The Kier molecular flexibility index (Phi) is 4.60. The Hall–Kier alpha value is -3.19. The van der Waals surface area contributed by atoms with E-state index in [9.17, 15) is 14.0 Å². The normalized spacial score (nSPS) is 13.1. The number of halogens is 1. The summed E-state index contributed by atoms with van der Waals surface area (Å²) in [5, 5.41) is 4.64. The number of fused-ring (bicyclic) bond motifs is 1. The predicted octanol–water partition coefficient (Wildman–Crippen LogP) is 4.07. The molecule has 1 aliphatic heterocycles. The molecule has 0 atom stereocenters. The number of rotatable bonds is 4. The van der Waals surface area contributed by atoms with Gasteiger partial charge in [0.2, 0.25) is 0 Å². The van der Waals surface area contributed by atoms with Crippen LogP contribution in [0, 0.1) is 5.82 Å². The molecule has 0 radical (unpaired) electrons. The number of amides is 2. The van der Waals surface area contributed by atoms with Crippen LogP contribution in [0.5, 0.6) is 5.75 Å². The van der Waals surface area contributed by atoms with Crippen molar-refractivity contribution in [2.75, 3.05) is 16.8 Å². The lowest BCUT2D eigenvalue weighted by atomic mass is 10.1. The van der Waals surface area contributed by atoms with Gasteiger partial charge in [0.05, 0.1) is 17.1 Å². The van der Waals surface area contributed by atoms with Gasteiger partial charge in [0.1, 0.15) is 11.6 Å². The number of anilines is 2. The third-order valence-corrected chi connectivity index (χ3v) is 5.06. The Morgan fingerprint density at radius 1 is 1.19 bits per heavy atom. The summed E-state index contributed by atoms with van der Waals surface area (Å²) < 4.78 is 19.5. The number of nitrogens with zero attached hydrogens (tertiary/aromatic N) is 1. The number of nitrogens with one attached hydrogen (secondary N) is 1. The summed E-state index contributed by atoms with van der Waals surface area (Å²) in [6.45, 7) is -0.0213. The SMILES string of the molecule is O=C(Nc1ccc2c(c1)OCC(=O)N2Cc1ccccc1F)c1cccs1. The summed E-state index contributed by atoms with van der Waals surface area (Å²) >= 11 is 1.35. The Morgan fingerprint density at radius 3 is 2.81 bits per heavy atom.